The molecule has 25 heavy (non-hydrogen) atoms. The Labute approximate surface area is 149 Å². The van der Waals surface area contributed by atoms with E-state index in [-0.39, 0.29) is 5.91 Å². The van der Waals surface area contributed by atoms with Crippen LogP contribution in [0.1, 0.15) is 33.4 Å². The third-order valence-corrected chi connectivity index (χ3v) is 3.90. The highest BCUT2D eigenvalue weighted by atomic mass is 16.6. The number of aromatic nitrogens is 1. The zero-order chi connectivity index (χ0) is 18.4. The van der Waals surface area contributed by atoms with E-state index in [9.17, 15) is 9.59 Å². The van der Waals surface area contributed by atoms with Gasteiger partial charge in [-0.3, -0.25) is 14.7 Å². The Morgan fingerprint density at radius 1 is 1.24 bits per heavy atom. The predicted molar refractivity (Wildman–Crippen MR) is 94.9 cm³/mol. The number of hydrogen-bond acceptors (Lipinski definition) is 5. The second kappa shape index (κ2) is 8.29. The Kier molecular flexibility index (Phi) is 6.36. The minimum atomic E-state index is -0.600. The van der Waals surface area contributed by atoms with Crippen molar-refractivity contribution in [1.82, 2.24) is 20.1 Å². The molecule has 7 nitrogen and oxygen atoms in total. The number of ether oxygens (including phenoxy) is 1. The lowest BCUT2D eigenvalue weighted by Crippen LogP contribution is -2.54. The minimum Gasteiger partial charge on any atom is -0.444 e. The van der Waals surface area contributed by atoms with Crippen LogP contribution in [0.5, 0.6) is 0 Å². The summed E-state index contributed by atoms with van der Waals surface area (Å²) >= 11 is 0. The van der Waals surface area contributed by atoms with Gasteiger partial charge >= 0.3 is 6.09 Å². The largest absolute Gasteiger partial charge is 0.444 e. The van der Waals surface area contributed by atoms with Crippen molar-refractivity contribution in [3.8, 4) is 0 Å². The van der Waals surface area contributed by atoms with Gasteiger partial charge in [-0.05, 0) is 39.8 Å². The Morgan fingerprint density at radius 3 is 2.48 bits per heavy atom. The van der Waals surface area contributed by atoms with Crippen LogP contribution in [0.4, 0.5) is 4.79 Å². The summed E-state index contributed by atoms with van der Waals surface area (Å²) in [6.45, 7) is 10.7. The number of hydrogen-bond donors (Lipinski definition) is 1. The average Bonchev–Trinajstić information content (AvgIpc) is 2.54. The molecule has 0 saturated carbocycles. The molecule has 7 heteroatoms. The van der Waals surface area contributed by atoms with E-state index in [4.69, 9.17) is 4.74 Å². The molecule has 2 rings (SSSR count). The Bertz CT molecular complexity index is 578. The van der Waals surface area contributed by atoms with Crippen LogP contribution in [0, 0.1) is 0 Å². The van der Waals surface area contributed by atoms with Crippen LogP contribution in [0.25, 0.3) is 0 Å². The average molecular weight is 348 g/mol. The summed E-state index contributed by atoms with van der Waals surface area (Å²) in [5, 5.41) is 2.61. The maximum absolute atomic E-state index is 12.5. The van der Waals surface area contributed by atoms with Gasteiger partial charge in [-0.1, -0.05) is 6.07 Å². The monoisotopic (exact) mass is 348 g/mol. The molecule has 2 heterocycles. The third-order valence-electron chi connectivity index (χ3n) is 3.90. The summed E-state index contributed by atoms with van der Waals surface area (Å²) in [5.41, 5.74) is 0.450. The van der Waals surface area contributed by atoms with Crippen molar-refractivity contribution >= 4 is 12.0 Å². The van der Waals surface area contributed by atoms with Gasteiger partial charge in [0.05, 0.1) is 5.69 Å². The molecular formula is C18H28N4O3. The van der Waals surface area contributed by atoms with Crippen LogP contribution in [-0.4, -0.2) is 64.6 Å². The lowest BCUT2D eigenvalue weighted by Gasteiger charge is -2.35. The first-order valence-electron chi connectivity index (χ1n) is 8.65. The van der Waals surface area contributed by atoms with E-state index < -0.39 is 17.7 Å². The third kappa shape index (κ3) is 6.34. The van der Waals surface area contributed by atoms with Crippen molar-refractivity contribution < 1.29 is 14.3 Å². The van der Waals surface area contributed by atoms with Gasteiger partial charge in [-0.2, -0.15) is 0 Å². The molecule has 1 aromatic heterocycles. The smallest absolute Gasteiger partial charge is 0.408 e. The molecule has 2 amide bonds. The van der Waals surface area contributed by atoms with E-state index in [2.05, 4.69) is 15.2 Å². The van der Waals surface area contributed by atoms with Gasteiger partial charge in [-0.25, -0.2) is 4.79 Å². The number of nitrogens with one attached hydrogen (secondary N) is 1. The lowest BCUT2D eigenvalue weighted by atomic mass is 10.2. The molecule has 1 atom stereocenters. The summed E-state index contributed by atoms with van der Waals surface area (Å²) < 4.78 is 5.19. The van der Waals surface area contributed by atoms with E-state index in [0.29, 0.717) is 13.1 Å². The van der Waals surface area contributed by atoms with Crippen molar-refractivity contribution in [2.24, 2.45) is 0 Å². The molecular weight excluding hydrogens is 320 g/mol. The van der Waals surface area contributed by atoms with Gasteiger partial charge in [-0.15, -0.1) is 0 Å². The van der Waals surface area contributed by atoms with Gasteiger partial charge in [0.2, 0.25) is 5.91 Å². The molecule has 0 aromatic carbocycles. The number of rotatable bonds is 4. The van der Waals surface area contributed by atoms with Crippen LogP contribution in [0.15, 0.2) is 24.4 Å². The maximum Gasteiger partial charge on any atom is 0.408 e. The Balaban J connectivity index is 1.77. The standard InChI is InChI=1S/C18H28N4O3/c1-14(20-17(24)25-18(2,3)4)16(23)22-11-9-21(10-12-22)13-15-7-5-6-8-19-15/h5-8,14H,9-13H2,1-4H3,(H,20,24)/t14-/m0/s1. The van der Waals surface area contributed by atoms with Gasteiger partial charge in [0.1, 0.15) is 11.6 Å². The van der Waals surface area contributed by atoms with Crippen molar-refractivity contribution in [3.05, 3.63) is 30.1 Å². The Morgan fingerprint density at radius 2 is 1.92 bits per heavy atom. The van der Waals surface area contributed by atoms with Crippen LogP contribution < -0.4 is 5.32 Å². The zero-order valence-corrected chi connectivity index (χ0v) is 15.5. The van der Waals surface area contributed by atoms with E-state index in [1.807, 2.05) is 18.2 Å². The molecule has 0 unspecified atom stereocenters. The molecule has 0 spiro atoms. The number of alkyl carbamates (subject to hydrolysis) is 1. The highest BCUT2D eigenvalue weighted by Crippen LogP contribution is 2.09. The molecule has 138 valence electrons. The fraction of sp³-hybridized carbons (Fsp3) is 0.611. The highest BCUT2D eigenvalue weighted by molar-refractivity contribution is 5.85. The minimum absolute atomic E-state index is 0.0802. The summed E-state index contributed by atoms with van der Waals surface area (Å²) in [5.74, 6) is -0.0802. The first kappa shape index (κ1) is 19.2. The quantitative estimate of drug-likeness (QED) is 0.895. The Hall–Kier alpha value is -2.15. The number of carbonyl (C=O) groups excluding carboxylic acids is 2. The maximum atomic E-state index is 12.5. The van der Waals surface area contributed by atoms with Gasteiger partial charge < -0.3 is 15.0 Å². The molecule has 1 fully saturated rings. The summed E-state index contributed by atoms with van der Waals surface area (Å²) in [6.07, 6.45) is 1.22. The number of amides is 2. The second-order valence-electron chi connectivity index (χ2n) is 7.29. The first-order chi connectivity index (χ1) is 11.7. The number of nitrogens with zero attached hydrogens (tertiary/aromatic N) is 3. The van der Waals surface area contributed by atoms with Gasteiger partial charge in [0.15, 0.2) is 0 Å². The van der Waals surface area contributed by atoms with Crippen molar-refractivity contribution in [2.45, 2.75) is 45.9 Å². The SMILES string of the molecule is C[C@H](NC(=O)OC(C)(C)C)C(=O)N1CCN(Cc2ccccn2)CC1. The first-order valence-corrected chi connectivity index (χ1v) is 8.65. The zero-order valence-electron chi connectivity index (χ0n) is 15.5. The van der Waals surface area contributed by atoms with E-state index in [1.165, 1.54) is 0 Å². The van der Waals surface area contributed by atoms with Crippen molar-refractivity contribution in [2.75, 3.05) is 26.2 Å². The highest BCUT2D eigenvalue weighted by Gasteiger charge is 2.27. The predicted octanol–water partition coefficient (Wildman–Crippen LogP) is 1.64. The fourth-order valence-electron chi connectivity index (χ4n) is 2.67. The molecule has 0 aliphatic carbocycles. The molecule has 0 radical (unpaired) electrons. The molecule has 1 N–H and O–H groups in total. The number of piperazine rings is 1. The van der Waals surface area contributed by atoms with Crippen molar-refractivity contribution in [1.29, 1.82) is 0 Å². The lowest BCUT2D eigenvalue weighted by molar-refractivity contribution is -0.134. The van der Waals surface area contributed by atoms with E-state index >= 15 is 0 Å². The van der Waals surface area contributed by atoms with Gasteiger partial charge in [0, 0.05) is 38.9 Å². The molecule has 1 aliphatic rings. The summed E-state index contributed by atoms with van der Waals surface area (Å²) in [6, 6.07) is 5.28. The normalized spacial score (nSPS) is 17.0. The van der Waals surface area contributed by atoms with E-state index in [1.54, 1.807) is 38.8 Å². The number of carbonyl (C=O) groups is 2. The number of pyridine rings is 1. The molecule has 1 aromatic rings. The van der Waals surface area contributed by atoms with Gasteiger partial charge in [0.25, 0.3) is 0 Å². The summed E-state index contributed by atoms with van der Waals surface area (Å²) in [4.78, 5) is 32.7. The molecule has 1 saturated heterocycles. The fourth-order valence-corrected chi connectivity index (χ4v) is 2.67. The van der Waals surface area contributed by atoms with Crippen LogP contribution >= 0.6 is 0 Å². The van der Waals surface area contributed by atoms with Crippen LogP contribution in [0.3, 0.4) is 0 Å². The molecule has 0 bridgehead atoms. The van der Waals surface area contributed by atoms with Crippen LogP contribution in [-0.2, 0) is 16.1 Å². The topological polar surface area (TPSA) is 74.8 Å². The van der Waals surface area contributed by atoms with E-state index in [0.717, 1.165) is 25.3 Å². The second-order valence-corrected chi connectivity index (χ2v) is 7.29. The van der Waals surface area contributed by atoms with Crippen molar-refractivity contribution in [3.63, 3.8) is 0 Å². The van der Waals surface area contributed by atoms with Crippen LogP contribution in [0.2, 0.25) is 0 Å². The summed E-state index contributed by atoms with van der Waals surface area (Å²) in [7, 11) is 0. The molecule has 1 aliphatic heterocycles.